The zero-order chi connectivity index (χ0) is 16.0. The van der Waals surface area contributed by atoms with E-state index in [9.17, 15) is 18.0 Å². The first kappa shape index (κ1) is 17.7. The molecular formula is C12H22N2O6S. The predicted octanol–water partition coefficient (Wildman–Crippen LogP) is 0.641. The minimum atomic E-state index is -4.01. The van der Waals surface area contributed by atoms with Crippen LogP contribution in [0.25, 0.3) is 0 Å². The van der Waals surface area contributed by atoms with Crippen LogP contribution in [0.4, 0.5) is 4.79 Å². The van der Waals surface area contributed by atoms with Gasteiger partial charge in [0.1, 0.15) is 0 Å². The van der Waals surface area contributed by atoms with Gasteiger partial charge < -0.3 is 9.47 Å². The van der Waals surface area contributed by atoms with E-state index in [-0.39, 0.29) is 19.7 Å². The fraction of sp³-hybridized carbons (Fsp3) is 0.833. The molecule has 21 heavy (non-hydrogen) atoms. The summed E-state index contributed by atoms with van der Waals surface area (Å²) in [6.45, 7) is 5.43. The fourth-order valence-electron chi connectivity index (χ4n) is 2.02. The van der Waals surface area contributed by atoms with E-state index in [1.54, 1.807) is 20.8 Å². The smallest absolute Gasteiger partial charge is 0.422 e. The summed E-state index contributed by atoms with van der Waals surface area (Å²) in [4.78, 5) is 23.1. The van der Waals surface area contributed by atoms with Crippen LogP contribution in [-0.2, 0) is 24.5 Å². The number of carbonyl (C=O) groups is 2. The van der Waals surface area contributed by atoms with Crippen LogP contribution >= 0.6 is 0 Å². The van der Waals surface area contributed by atoms with E-state index in [0.29, 0.717) is 12.8 Å². The number of rotatable bonds is 5. The SMILES string of the molecule is CCOC(=O)[C@H]1CCCN(S(=O)(=O)NC(=O)OC(C)C)C1. The number of amides is 1. The number of nitrogens with one attached hydrogen (secondary N) is 1. The summed E-state index contributed by atoms with van der Waals surface area (Å²) < 4.78 is 36.7. The summed E-state index contributed by atoms with van der Waals surface area (Å²) in [6.07, 6.45) is -0.345. The van der Waals surface area contributed by atoms with Crippen LogP contribution in [0.5, 0.6) is 0 Å². The maximum Gasteiger partial charge on any atom is 0.422 e. The Labute approximate surface area is 125 Å². The van der Waals surface area contributed by atoms with E-state index in [2.05, 4.69) is 0 Å². The summed E-state index contributed by atoms with van der Waals surface area (Å²) in [5.41, 5.74) is 0. The van der Waals surface area contributed by atoms with Gasteiger partial charge in [0.2, 0.25) is 0 Å². The maximum absolute atomic E-state index is 12.1. The first-order valence-corrected chi connectivity index (χ1v) is 8.35. The van der Waals surface area contributed by atoms with Crippen molar-refractivity contribution in [3.63, 3.8) is 0 Å². The molecule has 9 heteroatoms. The van der Waals surface area contributed by atoms with Crippen molar-refractivity contribution in [1.82, 2.24) is 9.03 Å². The van der Waals surface area contributed by atoms with Crippen LogP contribution in [-0.4, -0.2) is 50.6 Å². The lowest BCUT2D eigenvalue weighted by Gasteiger charge is -2.30. The summed E-state index contributed by atoms with van der Waals surface area (Å²) in [6, 6.07) is 0. The molecule has 1 N–H and O–H groups in total. The van der Waals surface area contributed by atoms with Crippen LogP contribution in [0.3, 0.4) is 0 Å². The van der Waals surface area contributed by atoms with Gasteiger partial charge in [-0.05, 0) is 33.6 Å². The van der Waals surface area contributed by atoms with Gasteiger partial charge in [-0.15, -0.1) is 0 Å². The lowest BCUT2D eigenvalue weighted by Crippen LogP contribution is -2.49. The monoisotopic (exact) mass is 322 g/mol. The molecule has 1 aliphatic heterocycles. The quantitative estimate of drug-likeness (QED) is 0.745. The van der Waals surface area contributed by atoms with Crippen molar-refractivity contribution >= 4 is 22.3 Å². The highest BCUT2D eigenvalue weighted by molar-refractivity contribution is 7.87. The highest BCUT2D eigenvalue weighted by Gasteiger charge is 2.34. The third kappa shape index (κ3) is 5.50. The first-order valence-electron chi connectivity index (χ1n) is 6.91. The van der Waals surface area contributed by atoms with Gasteiger partial charge >= 0.3 is 22.3 Å². The standard InChI is InChI=1S/C12H22N2O6S/c1-4-19-11(15)10-6-5-7-14(8-10)21(17,18)13-12(16)20-9(2)3/h9-10H,4-8H2,1-3H3,(H,13,16)/t10-/m0/s1. The normalized spacial score (nSPS) is 20.1. The molecule has 0 aromatic rings. The molecule has 0 spiro atoms. The number of carbonyl (C=O) groups excluding carboxylic acids is 2. The molecule has 0 aromatic heterocycles. The van der Waals surface area contributed by atoms with Crippen molar-refractivity contribution in [2.75, 3.05) is 19.7 Å². The second-order valence-corrected chi connectivity index (χ2v) is 6.68. The first-order chi connectivity index (χ1) is 9.76. The molecule has 8 nitrogen and oxygen atoms in total. The molecular weight excluding hydrogens is 300 g/mol. The number of esters is 1. The molecule has 0 radical (unpaired) electrons. The highest BCUT2D eigenvalue weighted by atomic mass is 32.2. The molecule has 1 heterocycles. The molecule has 0 bridgehead atoms. The lowest BCUT2D eigenvalue weighted by atomic mass is 10.0. The predicted molar refractivity (Wildman–Crippen MR) is 74.6 cm³/mol. The minimum absolute atomic E-state index is 0.00310. The molecule has 1 amide bonds. The third-order valence-electron chi connectivity index (χ3n) is 2.90. The van der Waals surface area contributed by atoms with Gasteiger partial charge in [0.05, 0.1) is 18.6 Å². The molecule has 0 unspecified atom stereocenters. The average Bonchev–Trinajstić information content (AvgIpc) is 2.37. The largest absolute Gasteiger partial charge is 0.466 e. The Morgan fingerprint density at radius 3 is 2.62 bits per heavy atom. The summed E-state index contributed by atoms with van der Waals surface area (Å²) in [5.74, 6) is -0.918. The van der Waals surface area contributed by atoms with E-state index < -0.39 is 34.3 Å². The Bertz CT molecular complexity index is 476. The molecule has 1 fully saturated rings. The lowest BCUT2D eigenvalue weighted by molar-refractivity contribution is -0.149. The Morgan fingerprint density at radius 2 is 2.05 bits per heavy atom. The molecule has 1 rings (SSSR count). The van der Waals surface area contributed by atoms with E-state index in [1.807, 2.05) is 4.72 Å². The topological polar surface area (TPSA) is 102 Å². The van der Waals surface area contributed by atoms with Crippen molar-refractivity contribution in [3.05, 3.63) is 0 Å². The summed E-state index contributed by atoms with van der Waals surface area (Å²) in [7, 11) is -4.01. The van der Waals surface area contributed by atoms with Crippen molar-refractivity contribution in [2.45, 2.75) is 39.7 Å². The number of nitrogens with zero attached hydrogens (tertiary/aromatic N) is 1. The zero-order valence-electron chi connectivity index (χ0n) is 12.5. The Hall–Kier alpha value is -1.35. The van der Waals surface area contributed by atoms with Gasteiger partial charge in [0, 0.05) is 13.1 Å². The second-order valence-electron chi connectivity index (χ2n) is 5.01. The number of hydrogen-bond acceptors (Lipinski definition) is 6. The third-order valence-corrected chi connectivity index (χ3v) is 4.34. The van der Waals surface area contributed by atoms with Crippen molar-refractivity contribution in [2.24, 2.45) is 5.92 Å². The molecule has 1 atom stereocenters. The zero-order valence-corrected chi connectivity index (χ0v) is 13.3. The van der Waals surface area contributed by atoms with Gasteiger partial charge in [-0.1, -0.05) is 0 Å². The Kier molecular flexibility index (Phi) is 6.41. The average molecular weight is 322 g/mol. The van der Waals surface area contributed by atoms with Crippen LogP contribution in [0, 0.1) is 5.92 Å². The molecule has 0 aliphatic carbocycles. The van der Waals surface area contributed by atoms with E-state index in [1.165, 1.54) is 0 Å². The van der Waals surface area contributed by atoms with Crippen LogP contribution in [0.15, 0.2) is 0 Å². The van der Waals surface area contributed by atoms with Crippen LogP contribution in [0.2, 0.25) is 0 Å². The van der Waals surface area contributed by atoms with E-state index in [0.717, 1.165) is 4.31 Å². The Morgan fingerprint density at radius 1 is 1.38 bits per heavy atom. The van der Waals surface area contributed by atoms with Crippen molar-refractivity contribution < 1.29 is 27.5 Å². The number of piperidine rings is 1. The molecule has 1 aliphatic rings. The maximum atomic E-state index is 12.1. The van der Waals surface area contributed by atoms with Crippen molar-refractivity contribution in [3.8, 4) is 0 Å². The number of hydrogen-bond donors (Lipinski definition) is 1. The second kappa shape index (κ2) is 7.60. The molecule has 1 saturated heterocycles. The number of ether oxygens (including phenoxy) is 2. The molecule has 122 valence electrons. The van der Waals surface area contributed by atoms with Crippen molar-refractivity contribution in [1.29, 1.82) is 0 Å². The Balaban J connectivity index is 2.66. The molecule has 0 saturated carbocycles. The van der Waals surface area contributed by atoms with E-state index >= 15 is 0 Å². The van der Waals surface area contributed by atoms with E-state index in [4.69, 9.17) is 9.47 Å². The minimum Gasteiger partial charge on any atom is -0.466 e. The summed E-state index contributed by atoms with van der Waals surface area (Å²) in [5, 5.41) is 0. The van der Waals surface area contributed by atoms with Crippen LogP contribution < -0.4 is 4.72 Å². The van der Waals surface area contributed by atoms with Gasteiger partial charge in [-0.3, -0.25) is 4.79 Å². The van der Waals surface area contributed by atoms with Crippen LogP contribution in [0.1, 0.15) is 33.6 Å². The molecule has 0 aromatic carbocycles. The fourth-order valence-corrected chi connectivity index (χ4v) is 3.15. The van der Waals surface area contributed by atoms with Gasteiger partial charge in [0.15, 0.2) is 0 Å². The summed E-state index contributed by atoms with van der Waals surface area (Å²) >= 11 is 0. The van der Waals surface area contributed by atoms with Gasteiger partial charge in [0.25, 0.3) is 0 Å². The van der Waals surface area contributed by atoms with Gasteiger partial charge in [-0.25, -0.2) is 9.52 Å². The van der Waals surface area contributed by atoms with Gasteiger partial charge in [-0.2, -0.15) is 12.7 Å². The highest BCUT2D eigenvalue weighted by Crippen LogP contribution is 2.20.